The summed E-state index contributed by atoms with van der Waals surface area (Å²) in [5.74, 6) is 0.345. The highest BCUT2D eigenvalue weighted by Crippen LogP contribution is 2.42. The van der Waals surface area contributed by atoms with Crippen LogP contribution in [-0.2, 0) is 17.8 Å². The molecule has 8 heteroatoms. The maximum atomic E-state index is 13.6. The van der Waals surface area contributed by atoms with Gasteiger partial charge >= 0.3 is 12.3 Å². The van der Waals surface area contributed by atoms with Gasteiger partial charge in [0.15, 0.2) is 0 Å². The third-order valence-corrected chi connectivity index (χ3v) is 5.01. The SMILES string of the molecule is COc1cc2c(cc1Br)CCC(C(F)(F)F)N2C(=O)OCc1ccccc1. The van der Waals surface area contributed by atoms with Crippen LogP contribution in [-0.4, -0.2) is 25.4 Å². The number of ether oxygens (including phenoxy) is 2. The lowest BCUT2D eigenvalue weighted by Gasteiger charge is -2.37. The molecular weight excluding hydrogens is 427 g/mol. The van der Waals surface area contributed by atoms with Gasteiger partial charge in [-0.25, -0.2) is 4.79 Å². The highest BCUT2D eigenvalue weighted by atomic mass is 79.9. The first kappa shape index (κ1) is 19.5. The van der Waals surface area contributed by atoms with Crippen molar-refractivity contribution in [2.45, 2.75) is 31.7 Å². The third-order valence-electron chi connectivity index (χ3n) is 4.39. The lowest BCUT2D eigenvalue weighted by atomic mass is 9.95. The van der Waals surface area contributed by atoms with Crippen LogP contribution in [0.4, 0.5) is 23.7 Å². The summed E-state index contributed by atoms with van der Waals surface area (Å²) >= 11 is 3.33. The van der Waals surface area contributed by atoms with Gasteiger partial charge < -0.3 is 9.47 Å². The molecule has 1 heterocycles. The first-order chi connectivity index (χ1) is 12.8. The summed E-state index contributed by atoms with van der Waals surface area (Å²) in [6.07, 6.45) is -5.63. The highest BCUT2D eigenvalue weighted by molar-refractivity contribution is 9.10. The van der Waals surface area contributed by atoms with Crippen LogP contribution in [0.2, 0.25) is 0 Å². The van der Waals surface area contributed by atoms with E-state index >= 15 is 0 Å². The van der Waals surface area contributed by atoms with E-state index in [0.29, 0.717) is 26.2 Å². The maximum Gasteiger partial charge on any atom is 0.415 e. The van der Waals surface area contributed by atoms with Crippen LogP contribution in [0.3, 0.4) is 0 Å². The summed E-state index contributed by atoms with van der Waals surface area (Å²) in [5, 5.41) is 0. The number of hydrogen-bond acceptors (Lipinski definition) is 3. The Bertz CT molecular complexity index is 827. The topological polar surface area (TPSA) is 38.8 Å². The molecule has 0 bridgehead atoms. The van der Waals surface area contributed by atoms with Crippen molar-refractivity contribution < 1.29 is 27.4 Å². The molecule has 3 rings (SSSR count). The van der Waals surface area contributed by atoms with Crippen molar-refractivity contribution in [1.82, 2.24) is 0 Å². The van der Waals surface area contributed by atoms with Crippen LogP contribution in [0.1, 0.15) is 17.5 Å². The van der Waals surface area contributed by atoms with Crippen LogP contribution >= 0.6 is 15.9 Å². The van der Waals surface area contributed by atoms with Crippen molar-refractivity contribution in [2.75, 3.05) is 12.0 Å². The summed E-state index contributed by atoms with van der Waals surface area (Å²) in [5.41, 5.74) is 1.47. The number of benzene rings is 2. The lowest BCUT2D eigenvalue weighted by Crippen LogP contribution is -2.51. The van der Waals surface area contributed by atoms with Gasteiger partial charge in [-0.1, -0.05) is 30.3 Å². The molecule has 0 N–H and O–H groups in total. The largest absolute Gasteiger partial charge is 0.495 e. The Kier molecular flexibility index (Phi) is 5.64. The molecule has 0 radical (unpaired) electrons. The van der Waals surface area contributed by atoms with E-state index in [9.17, 15) is 18.0 Å². The van der Waals surface area contributed by atoms with Crippen molar-refractivity contribution in [2.24, 2.45) is 0 Å². The molecule has 0 saturated carbocycles. The third kappa shape index (κ3) is 4.21. The van der Waals surface area contributed by atoms with Gasteiger partial charge in [0.1, 0.15) is 18.4 Å². The van der Waals surface area contributed by atoms with Crippen LogP contribution in [0.15, 0.2) is 46.9 Å². The minimum atomic E-state index is -4.57. The van der Waals surface area contributed by atoms with E-state index < -0.39 is 18.3 Å². The lowest BCUT2D eigenvalue weighted by molar-refractivity contribution is -0.150. The standard InChI is InChI=1S/C19H17BrF3NO3/c1-26-16-10-15-13(9-14(16)20)7-8-17(19(21,22)23)24(15)18(25)27-11-12-5-3-2-4-6-12/h2-6,9-10,17H,7-8,11H2,1H3. The molecule has 0 aromatic heterocycles. The van der Waals surface area contributed by atoms with Gasteiger partial charge in [0, 0.05) is 6.07 Å². The number of rotatable bonds is 3. The summed E-state index contributed by atoms with van der Waals surface area (Å²) < 4.78 is 51.7. The fourth-order valence-corrected chi connectivity index (χ4v) is 3.63. The first-order valence-corrected chi connectivity index (χ1v) is 9.03. The van der Waals surface area contributed by atoms with Crippen LogP contribution in [0.25, 0.3) is 0 Å². The average Bonchev–Trinajstić information content (AvgIpc) is 2.64. The number of methoxy groups -OCH3 is 1. The summed E-state index contributed by atoms with van der Waals surface area (Å²) in [4.78, 5) is 13.3. The molecule has 0 spiro atoms. The maximum absolute atomic E-state index is 13.6. The number of halogens is 4. The highest BCUT2D eigenvalue weighted by Gasteiger charge is 2.49. The molecule has 0 aliphatic carbocycles. The Balaban J connectivity index is 1.94. The average molecular weight is 444 g/mol. The molecule has 1 amide bonds. The fraction of sp³-hybridized carbons (Fsp3) is 0.316. The van der Waals surface area contributed by atoms with Gasteiger partial charge in [-0.2, -0.15) is 13.2 Å². The minimum Gasteiger partial charge on any atom is -0.495 e. The molecular formula is C19H17BrF3NO3. The van der Waals surface area contributed by atoms with E-state index in [-0.39, 0.29) is 25.1 Å². The van der Waals surface area contributed by atoms with Gasteiger partial charge in [0.2, 0.25) is 0 Å². The second-order valence-electron chi connectivity index (χ2n) is 6.12. The molecule has 0 saturated heterocycles. The molecule has 1 aliphatic heterocycles. The molecule has 4 nitrogen and oxygen atoms in total. The monoisotopic (exact) mass is 443 g/mol. The number of hydrogen-bond donors (Lipinski definition) is 0. The van der Waals surface area contributed by atoms with Crippen molar-refractivity contribution in [3.8, 4) is 5.75 Å². The molecule has 27 heavy (non-hydrogen) atoms. The quantitative estimate of drug-likeness (QED) is 0.630. The number of carbonyl (C=O) groups excluding carboxylic acids is 1. The zero-order chi connectivity index (χ0) is 19.6. The van der Waals surface area contributed by atoms with Crippen LogP contribution in [0, 0.1) is 0 Å². The molecule has 1 aliphatic rings. The molecule has 1 atom stereocenters. The van der Waals surface area contributed by atoms with Gasteiger partial charge in [-0.15, -0.1) is 0 Å². The van der Waals surface area contributed by atoms with E-state index in [0.717, 1.165) is 0 Å². The van der Waals surface area contributed by atoms with Crippen LogP contribution in [0.5, 0.6) is 5.75 Å². The number of carbonyl (C=O) groups is 1. The van der Waals surface area contributed by atoms with E-state index in [2.05, 4.69) is 15.9 Å². The van der Waals surface area contributed by atoms with Crippen molar-refractivity contribution >= 4 is 27.7 Å². The van der Waals surface area contributed by atoms with Crippen molar-refractivity contribution in [3.63, 3.8) is 0 Å². The first-order valence-electron chi connectivity index (χ1n) is 8.24. The number of anilines is 1. The number of alkyl halides is 3. The number of fused-ring (bicyclic) bond motifs is 1. The Morgan fingerprint density at radius 2 is 1.96 bits per heavy atom. The predicted octanol–water partition coefficient (Wildman–Crippen LogP) is 5.48. The predicted molar refractivity (Wildman–Crippen MR) is 98.0 cm³/mol. The van der Waals surface area contributed by atoms with E-state index in [1.165, 1.54) is 13.2 Å². The summed E-state index contributed by atoms with van der Waals surface area (Å²) in [6.45, 7) is -0.107. The molecule has 2 aromatic rings. The second-order valence-corrected chi connectivity index (χ2v) is 6.98. The number of amides is 1. The normalized spacial score (nSPS) is 16.6. The zero-order valence-corrected chi connectivity index (χ0v) is 16.0. The van der Waals surface area contributed by atoms with E-state index in [4.69, 9.17) is 9.47 Å². The molecule has 144 valence electrons. The van der Waals surface area contributed by atoms with Crippen LogP contribution < -0.4 is 9.64 Å². The van der Waals surface area contributed by atoms with E-state index in [1.807, 2.05) is 0 Å². The molecule has 1 unspecified atom stereocenters. The van der Waals surface area contributed by atoms with Gasteiger partial charge in [0.05, 0.1) is 17.3 Å². The summed E-state index contributed by atoms with van der Waals surface area (Å²) in [7, 11) is 1.41. The summed E-state index contributed by atoms with van der Waals surface area (Å²) in [6, 6.07) is 9.97. The molecule has 0 fully saturated rings. The Labute approximate surface area is 163 Å². The zero-order valence-electron chi connectivity index (χ0n) is 14.4. The minimum absolute atomic E-state index is 0.107. The fourth-order valence-electron chi connectivity index (χ4n) is 3.08. The van der Waals surface area contributed by atoms with Gasteiger partial charge in [-0.05, 0) is 46.0 Å². The van der Waals surface area contributed by atoms with E-state index in [1.54, 1.807) is 36.4 Å². The van der Waals surface area contributed by atoms with Crippen molar-refractivity contribution in [1.29, 1.82) is 0 Å². The second kappa shape index (κ2) is 7.80. The van der Waals surface area contributed by atoms with Crippen molar-refractivity contribution in [3.05, 3.63) is 58.1 Å². The Morgan fingerprint density at radius 3 is 2.59 bits per heavy atom. The smallest absolute Gasteiger partial charge is 0.415 e. The number of aryl methyl sites for hydroxylation is 1. The Morgan fingerprint density at radius 1 is 1.26 bits per heavy atom. The number of nitrogens with zero attached hydrogens (tertiary/aromatic N) is 1. The van der Waals surface area contributed by atoms with Gasteiger partial charge in [0.25, 0.3) is 0 Å². The van der Waals surface area contributed by atoms with Gasteiger partial charge in [-0.3, -0.25) is 4.90 Å². The Hall–Kier alpha value is -2.22. The molecule has 2 aromatic carbocycles.